The molecule has 16 heavy (non-hydrogen) atoms. The molecule has 0 radical (unpaired) electrons. The van der Waals surface area contributed by atoms with E-state index in [1.807, 2.05) is 11.8 Å². The van der Waals surface area contributed by atoms with Gasteiger partial charge >= 0.3 is 0 Å². The van der Waals surface area contributed by atoms with E-state index in [-0.39, 0.29) is 0 Å². The molecule has 0 aliphatic carbocycles. The maximum Gasteiger partial charge on any atom is 0.122 e. The molecular weight excluding hydrogens is 218 g/mol. The van der Waals surface area contributed by atoms with Gasteiger partial charge in [-0.3, -0.25) is 0 Å². The van der Waals surface area contributed by atoms with E-state index in [0.29, 0.717) is 5.25 Å². The van der Waals surface area contributed by atoms with Crippen molar-refractivity contribution >= 4 is 11.8 Å². The lowest BCUT2D eigenvalue weighted by molar-refractivity contribution is 0.357. The molecule has 1 N–H and O–H groups in total. The lowest BCUT2D eigenvalue weighted by Gasteiger charge is -2.10. The Kier molecular flexibility index (Phi) is 4.13. The quantitative estimate of drug-likeness (QED) is 0.850. The second-order valence-corrected chi connectivity index (χ2v) is 5.49. The zero-order valence-electron chi connectivity index (χ0n) is 9.95. The Morgan fingerprint density at radius 2 is 2.38 bits per heavy atom. The number of thioether (sulfide) groups is 1. The first-order valence-electron chi connectivity index (χ1n) is 5.77. The van der Waals surface area contributed by atoms with E-state index >= 15 is 0 Å². The largest absolute Gasteiger partial charge is 0.493 e. The highest BCUT2D eigenvalue weighted by Gasteiger charge is 2.11. The van der Waals surface area contributed by atoms with Gasteiger partial charge in [0.15, 0.2) is 0 Å². The van der Waals surface area contributed by atoms with Crippen LogP contribution in [0, 0.1) is 0 Å². The van der Waals surface area contributed by atoms with Crippen LogP contribution in [0.2, 0.25) is 0 Å². The number of rotatable bonds is 5. The predicted octanol–water partition coefficient (Wildman–Crippen LogP) is 2.46. The molecule has 88 valence electrons. The van der Waals surface area contributed by atoms with Crippen LogP contribution in [0.15, 0.2) is 18.2 Å². The summed E-state index contributed by atoms with van der Waals surface area (Å²) in [5.74, 6) is 1.07. The monoisotopic (exact) mass is 237 g/mol. The van der Waals surface area contributed by atoms with Crippen LogP contribution in [0.1, 0.15) is 18.1 Å². The maximum absolute atomic E-state index is 5.49. The first-order chi connectivity index (χ1) is 7.79. The number of fused-ring (bicyclic) bond motifs is 1. The average molecular weight is 237 g/mol. The summed E-state index contributed by atoms with van der Waals surface area (Å²) in [5, 5.41) is 4.16. The van der Waals surface area contributed by atoms with E-state index in [1.165, 1.54) is 11.1 Å². The van der Waals surface area contributed by atoms with E-state index < -0.39 is 0 Å². The van der Waals surface area contributed by atoms with Crippen LogP contribution in [0.3, 0.4) is 0 Å². The highest BCUT2D eigenvalue weighted by atomic mass is 32.2. The number of ether oxygens (including phenoxy) is 1. The highest BCUT2D eigenvalue weighted by Crippen LogP contribution is 2.25. The first-order valence-corrected chi connectivity index (χ1v) is 7.06. The molecule has 1 aliphatic heterocycles. The third-order valence-corrected chi connectivity index (χ3v) is 3.89. The van der Waals surface area contributed by atoms with Gasteiger partial charge in [-0.1, -0.05) is 19.1 Å². The molecule has 2 nitrogen and oxygen atoms in total. The van der Waals surface area contributed by atoms with Crippen molar-refractivity contribution in [3.05, 3.63) is 29.3 Å². The first kappa shape index (κ1) is 11.8. The van der Waals surface area contributed by atoms with Gasteiger partial charge in [-0.05, 0) is 23.4 Å². The summed E-state index contributed by atoms with van der Waals surface area (Å²) >= 11 is 1.90. The molecule has 0 saturated heterocycles. The minimum absolute atomic E-state index is 0.678. The zero-order valence-corrected chi connectivity index (χ0v) is 10.8. The van der Waals surface area contributed by atoms with Crippen molar-refractivity contribution < 1.29 is 4.74 Å². The molecule has 0 bridgehead atoms. The molecular formula is C13H19NOS. The predicted molar refractivity (Wildman–Crippen MR) is 70.3 cm³/mol. The van der Waals surface area contributed by atoms with E-state index in [1.54, 1.807) is 0 Å². The Morgan fingerprint density at radius 3 is 3.19 bits per heavy atom. The Labute approximate surface area is 102 Å². The number of nitrogens with one attached hydrogen (secondary N) is 1. The summed E-state index contributed by atoms with van der Waals surface area (Å²) in [6, 6.07) is 6.51. The van der Waals surface area contributed by atoms with Crippen molar-refractivity contribution in [1.82, 2.24) is 5.32 Å². The third kappa shape index (κ3) is 2.92. The Bertz CT molecular complexity index is 354. The van der Waals surface area contributed by atoms with E-state index in [4.69, 9.17) is 4.74 Å². The van der Waals surface area contributed by atoms with Gasteiger partial charge in [-0.15, -0.1) is 0 Å². The molecule has 0 spiro atoms. The second-order valence-electron chi connectivity index (χ2n) is 4.22. The molecule has 0 aromatic heterocycles. The normalized spacial score (nSPS) is 15.6. The van der Waals surface area contributed by atoms with Crippen molar-refractivity contribution in [2.45, 2.75) is 25.1 Å². The Balaban J connectivity index is 1.86. The van der Waals surface area contributed by atoms with Crippen LogP contribution in [0.5, 0.6) is 5.75 Å². The molecule has 1 aromatic rings. The van der Waals surface area contributed by atoms with Crippen molar-refractivity contribution in [3.63, 3.8) is 0 Å². The lowest BCUT2D eigenvalue weighted by Crippen LogP contribution is -2.22. The summed E-state index contributed by atoms with van der Waals surface area (Å²) in [4.78, 5) is 0. The van der Waals surface area contributed by atoms with Crippen LogP contribution in [-0.2, 0) is 13.0 Å². The van der Waals surface area contributed by atoms with Gasteiger partial charge < -0.3 is 10.1 Å². The fourth-order valence-electron chi connectivity index (χ4n) is 1.85. The van der Waals surface area contributed by atoms with Gasteiger partial charge in [0.1, 0.15) is 5.75 Å². The molecule has 3 heteroatoms. The summed E-state index contributed by atoms with van der Waals surface area (Å²) in [6.45, 7) is 5.11. The summed E-state index contributed by atoms with van der Waals surface area (Å²) in [5.41, 5.74) is 2.72. The summed E-state index contributed by atoms with van der Waals surface area (Å²) < 4.78 is 5.49. The van der Waals surface area contributed by atoms with Crippen LogP contribution in [0.25, 0.3) is 0 Å². The number of hydrogen-bond donors (Lipinski definition) is 1. The second kappa shape index (κ2) is 5.60. The smallest absolute Gasteiger partial charge is 0.122 e. The fourth-order valence-corrected chi connectivity index (χ4v) is 2.14. The number of hydrogen-bond acceptors (Lipinski definition) is 3. The van der Waals surface area contributed by atoms with Crippen molar-refractivity contribution in [3.8, 4) is 5.75 Å². The van der Waals surface area contributed by atoms with E-state index in [2.05, 4.69) is 36.7 Å². The van der Waals surface area contributed by atoms with Gasteiger partial charge in [0, 0.05) is 24.8 Å². The van der Waals surface area contributed by atoms with E-state index in [9.17, 15) is 0 Å². The average Bonchev–Trinajstić information content (AvgIpc) is 2.76. The minimum atomic E-state index is 0.678. The minimum Gasteiger partial charge on any atom is -0.493 e. The summed E-state index contributed by atoms with van der Waals surface area (Å²) in [6.07, 6.45) is 3.21. The molecule has 0 amide bonds. The van der Waals surface area contributed by atoms with Crippen molar-refractivity contribution in [2.75, 3.05) is 19.4 Å². The number of benzene rings is 1. The van der Waals surface area contributed by atoms with Gasteiger partial charge in [-0.25, -0.2) is 0 Å². The third-order valence-electron chi connectivity index (χ3n) is 2.92. The van der Waals surface area contributed by atoms with Crippen LogP contribution < -0.4 is 10.1 Å². The van der Waals surface area contributed by atoms with E-state index in [0.717, 1.165) is 31.9 Å². The highest BCUT2D eigenvalue weighted by molar-refractivity contribution is 7.99. The van der Waals surface area contributed by atoms with Crippen LogP contribution in [0.4, 0.5) is 0 Å². The molecule has 0 saturated carbocycles. The molecule has 1 aliphatic rings. The zero-order chi connectivity index (χ0) is 11.4. The van der Waals surface area contributed by atoms with Gasteiger partial charge in [0.2, 0.25) is 0 Å². The molecule has 2 rings (SSSR count). The van der Waals surface area contributed by atoms with Gasteiger partial charge in [0.05, 0.1) is 6.61 Å². The molecule has 1 unspecified atom stereocenters. The SMILES string of the molecule is CSC(C)CNCc1ccc2c(c1)CCO2. The van der Waals surface area contributed by atoms with Gasteiger partial charge in [0.25, 0.3) is 0 Å². The molecule has 1 heterocycles. The van der Waals surface area contributed by atoms with Crippen LogP contribution >= 0.6 is 11.8 Å². The Hall–Kier alpha value is -0.670. The van der Waals surface area contributed by atoms with Crippen LogP contribution in [-0.4, -0.2) is 24.7 Å². The topological polar surface area (TPSA) is 21.3 Å². The Morgan fingerprint density at radius 1 is 1.50 bits per heavy atom. The van der Waals surface area contributed by atoms with Gasteiger partial charge in [-0.2, -0.15) is 11.8 Å². The van der Waals surface area contributed by atoms with Crippen molar-refractivity contribution in [1.29, 1.82) is 0 Å². The summed E-state index contributed by atoms with van der Waals surface area (Å²) in [7, 11) is 0. The molecule has 0 fully saturated rings. The fraction of sp³-hybridized carbons (Fsp3) is 0.538. The molecule has 1 aromatic carbocycles. The standard InChI is InChI=1S/C13H19NOS/c1-10(16-2)8-14-9-11-3-4-13-12(7-11)5-6-15-13/h3-4,7,10,14H,5-6,8-9H2,1-2H3. The van der Waals surface area contributed by atoms with Crippen molar-refractivity contribution in [2.24, 2.45) is 0 Å². The lowest BCUT2D eigenvalue weighted by atomic mass is 10.1. The molecule has 1 atom stereocenters. The maximum atomic E-state index is 5.49.